The first kappa shape index (κ1) is 26.9. The molecule has 4 aromatic rings. The number of hydrogen-bond acceptors (Lipinski definition) is 5. The van der Waals surface area contributed by atoms with E-state index >= 15 is 8.78 Å². The van der Waals surface area contributed by atoms with Crippen LogP contribution in [0.15, 0.2) is 54.7 Å². The molecule has 1 aliphatic carbocycles. The number of aromatic nitrogens is 4. The number of hydrogen-bond donors (Lipinski definition) is 0. The zero-order chi connectivity index (χ0) is 28.3. The molecular formula is C32H35F2N5. The minimum atomic E-state index is -2.88. The van der Waals surface area contributed by atoms with Gasteiger partial charge in [0.25, 0.3) is 5.92 Å². The summed E-state index contributed by atoms with van der Waals surface area (Å²) in [6, 6.07) is 15.7. The summed E-state index contributed by atoms with van der Waals surface area (Å²) in [7, 11) is 3.79. The minimum absolute atomic E-state index is 0.538. The Bertz CT molecular complexity index is 1560. The van der Waals surface area contributed by atoms with Crippen LogP contribution in [-0.2, 0) is 17.3 Å². The largest absolute Gasteiger partial charge is 0.347 e. The summed E-state index contributed by atoms with van der Waals surface area (Å²) in [6.45, 7) is 10.6. The molecule has 0 bridgehead atoms. The zero-order valence-corrected chi connectivity index (χ0v) is 23.9. The molecule has 7 heteroatoms. The SMILES string of the molecule is CCc1cc2c(cc1-c1cc(C)c(-c3nc(-c4ccccc4)nc(N(C)C)n3)cn1)C(C)(C)C(F)(F)C2(C)C. The van der Waals surface area contributed by atoms with Crippen LogP contribution in [0.4, 0.5) is 14.7 Å². The summed E-state index contributed by atoms with van der Waals surface area (Å²) < 4.78 is 31.1. The van der Waals surface area contributed by atoms with Crippen molar-refractivity contribution in [1.29, 1.82) is 0 Å². The lowest BCUT2D eigenvalue weighted by Crippen LogP contribution is -2.46. The monoisotopic (exact) mass is 527 g/mol. The number of nitrogens with zero attached hydrogens (tertiary/aromatic N) is 5. The van der Waals surface area contributed by atoms with Gasteiger partial charge in [-0.25, -0.2) is 13.8 Å². The van der Waals surface area contributed by atoms with Crippen molar-refractivity contribution in [2.45, 2.75) is 64.7 Å². The molecule has 202 valence electrons. The quantitative estimate of drug-likeness (QED) is 0.271. The van der Waals surface area contributed by atoms with Gasteiger partial charge in [-0.05, 0) is 75.4 Å². The van der Waals surface area contributed by atoms with Crippen LogP contribution in [0.25, 0.3) is 34.0 Å². The van der Waals surface area contributed by atoms with Gasteiger partial charge in [-0.1, -0.05) is 43.3 Å². The van der Waals surface area contributed by atoms with Gasteiger partial charge in [-0.15, -0.1) is 0 Å². The molecule has 0 fully saturated rings. The van der Waals surface area contributed by atoms with Gasteiger partial charge in [0, 0.05) is 37.0 Å². The van der Waals surface area contributed by atoms with E-state index in [0.717, 1.165) is 39.1 Å². The van der Waals surface area contributed by atoms with Crippen molar-refractivity contribution in [2.75, 3.05) is 19.0 Å². The fourth-order valence-corrected chi connectivity index (χ4v) is 5.67. The minimum Gasteiger partial charge on any atom is -0.347 e. The average molecular weight is 528 g/mol. The highest BCUT2D eigenvalue weighted by Gasteiger charge is 2.65. The molecule has 5 nitrogen and oxygen atoms in total. The topological polar surface area (TPSA) is 54.8 Å². The smallest absolute Gasteiger partial charge is 0.266 e. The lowest BCUT2D eigenvalue weighted by Gasteiger charge is -2.35. The molecule has 1 aliphatic rings. The Morgan fingerprint density at radius 2 is 1.41 bits per heavy atom. The highest BCUT2D eigenvalue weighted by molar-refractivity contribution is 5.73. The Balaban J connectivity index is 1.63. The molecule has 0 radical (unpaired) electrons. The maximum Gasteiger partial charge on any atom is 0.266 e. The van der Waals surface area contributed by atoms with E-state index in [9.17, 15) is 0 Å². The molecule has 39 heavy (non-hydrogen) atoms. The molecule has 2 aromatic carbocycles. The van der Waals surface area contributed by atoms with Crippen LogP contribution in [-0.4, -0.2) is 40.0 Å². The summed E-state index contributed by atoms with van der Waals surface area (Å²) >= 11 is 0. The van der Waals surface area contributed by atoms with Gasteiger partial charge >= 0.3 is 0 Å². The van der Waals surface area contributed by atoms with Crippen molar-refractivity contribution in [3.63, 3.8) is 0 Å². The number of halogens is 2. The number of fused-ring (bicyclic) bond motifs is 1. The molecule has 0 saturated carbocycles. The Labute approximate surface area is 229 Å². The van der Waals surface area contributed by atoms with Crippen molar-refractivity contribution < 1.29 is 8.78 Å². The van der Waals surface area contributed by atoms with Crippen LogP contribution in [0.2, 0.25) is 0 Å². The highest BCUT2D eigenvalue weighted by Crippen LogP contribution is 2.60. The molecule has 0 aliphatic heterocycles. The summed E-state index contributed by atoms with van der Waals surface area (Å²) in [5, 5.41) is 0. The van der Waals surface area contributed by atoms with E-state index in [-0.39, 0.29) is 0 Å². The first-order chi connectivity index (χ1) is 18.3. The van der Waals surface area contributed by atoms with Crippen LogP contribution in [0.5, 0.6) is 0 Å². The Morgan fingerprint density at radius 1 is 0.795 bits per heavy atom. The van der Waals surface area contributed by atoms with E-state index in [1.807, 2.05) is 74.4 Å². The van der Waals surface area contributed by atoms with Crippen molar-refractivity contribution in [3.05, 3.63) is 77.0 Å². The van der Waals surface area contributed by atoms with Crippen LogP contribution in [0.3, 0.4) is 0 Å². The summed E-state index contributed by atoms with van der Waals surface area (Å²) in [6.07, 6.45) is 2.50. The van der Waals surface area contributed by atoms with Crippen LogP contribution in [0.1, 0.15) is 56.9 Å². The van der Waals surface area contributed by atoms with E-state index in [1.54, 1.807) is 33.9 Å². The second kappa shape index (κ2) is 9.18. The first-order valence-electron chi connectivity index (χ1n) is 13.3. The van der Waals surface area contributed by atoms with Crippen LogP contribution >= 0.6 is 0 Å². The van der Waals surface area contributed by atoms with E-state index in [0.29, 0.717) is 29.6 Å². The number of alkyl halides is 2. The third-order valence-corrected chi connectivity index (χ3v) is 8.22. The molecule has 0 amide bonds. The number of aryl methyl sites for hydroxylation is 2. The molecule has 2 aromatic heterocycles. The second-order valence-electron chi connectivity index (χ2n) is 11.7. The normalized spacial score (nSPS) is 16.7. The molecule has 0 saturated heterocycles. The maximum absolute atomic E-state index is 15.6. The van der Waals surface area contributed by atoms with Crippen molar-refractivity contribution in [1.82, 2.24) is 19.9 Å². The highest BCUT2D eigenvalue weighted by atomic mass is 19.3. The van der Waals surface area contributed by atoms with Gasteiger partial charge in [0.2, 0.25) is 5.95 Å². The van der Waals surface area contributed by atoms with E-state index in [4.69, 9.17) is 15.0 Å². The van der Waals surface area contributed by atoms with E-state index in [2.05, 4.69) is 11.9 Å². The number of pyridine rings is 1. The Hall–Kier alpha value is -3.74. The van der Waals surface area contributed by atoms with Gasteiger partial charge in [-0.3, -0.25) is 4.98 Å². The average Bonchev–Trinajstić information content (AvgIpc) is 3.01. The fourth-order valence-electron chi connectivity index (χ4n) is 5.67. The van der Waals surface area contributed by atoms with E-state index < -0.39 is 16.8 Å². The van der Waals surface area contributed by atoms with Gasteiger partial charge in [0.15, 0.2) is 11.6 Å². The van der Waals surface area contributed by atoms with Gasteiger partial charge in [0.05, 0.1) is 16.5 Å². The van der Waals surface area contributed by atoms with Gasteiger partial charge in [-0.2, -0.15) is 9.97 Å². The molecule has 2 heterocycles. The lowest BCUT2D eigenvalue weighted by atomic mass is 9.77. The molecule has 0 atom stereocenters. The third-order valence-electron chi connectivity index (χ3n) is 8.22. The molecule has 0 spiro atoms. The summed E-state index contributed by atoms with van der Waals surface area (Å²) in [5.74, 6) is -1.19. The molecule has 5 rings (SSSR count). The first-order valence-corrected chi connectivity index (χ1v) is 13.3. The van der Waals surface area contributed by atoms with Crippen molar-refractivity contribution in [3.8, 4) is 34.0 Å². The van der Waals surface area contributed by atoms with Gasteiger partial charge in [0.1, 0.15) is 0 Å². The van der Waals surface area contributed by atoms with Crippen molar-refractivity contribution in [2.24, 2.45) is 0 Å². The maximum atomic E-state index is 15.6. The Kier molecular flexibility index (Phi) is 6.32. The predicted molar refractivity (Wildman–Crippen MR) is 153 cm³/mol. The van der Waals surface area contributed by atoms with Crippen molar-refractivity contribution >= 4 is 5.95 Å². The van der Waals surface area contributed by atoms with E-state index in [1.165, 1.54) is 0 Å². The predicted octanol–water partition coefficient (Wildman–Crippen LogP) is 7.41. The molecule has 0 unspecified atom stereocenters. The van der Waals surface area contributed by atoms with Crippen LogP contribution in [0, 0.1) is 6.92 Å². The second-order valence-corrected chi connectivity index (χ2v) is 11.7. The summed E-state index contributed by atoms with van der Waals surface area (Å²) in [4.78, 5) is 20.8. The lowest BCUT2D eigenvalue weighted by molar-refractivity contribution is -0.105. The molecule has 0 N–H and O–H groups in total. The number of rotatable bonds is 5. The zero-order valence-electron chi connectivity index (χ0n) is 23.9. The Morgan fingerprint density at radius 3 is 2.00 bits per heavy atom. The fraction of sp³-hybridized carbons (Fsp3) is 0.375. The summed E-state index contributed by atoms with van der Waals surface area (Å²) in [5.41, 5.74) is 4.18. The third kappa shape index (κ3) is 4.10. The standard InChI is InChI=1S/C32H35F2N5/c1-9-20-16-24-25(31(5,6)32(33,34)30(24,3)4)17-22(20)26-15-19(2)23(18-35-26)28-36-27(21-13-11-10-12-14-21)37-29(38-28)39(7)8/h10-18H,9H2,1-8H3. The number of anilines is 1. The molecular weight excluding hydrogens is 492 g/mol. The van der Waals surface area contributed by atoms with Gasteiger partial charge < -0.3 is 4.90 Å². The number of benzene rings is 2. The van der Waals surface area contributed by atoms with Crippen LogP contribution < -0.4 is 4.90 Å².